The minimum Gasteiger partial charge on any atom is -0.487 e. The molecule has 222 valence electrons. The number of halogens is 3. The fraction of sp³-hybridized carbons (Fsp3) is 0.667. The molecule has 0 aromatic heterocycles. The van der Waals surface area contributed by atoms with Crippen molar-refractivity contribution in [2.24, 2.45) is 11.8 Å². The standard InChI is InChI=1S/C36H51F3O/c1-3-5-6-7-8-9-27-12-16-28(17-13-27)29-18-20-31(21-19-29)36(39)34(38)25-40-35-23-22-32(24-33(35)37)30-14-10-26(4-2)11-15-30/h18-24,26-28,30,34,36H,3-17,25H2,1-2H3. The summed E-state index contributed by atoms with van der Waals surface area (Å²) in [5.41, 5.74) is 2.53. The first-order chi connectivity index (χ1) is 19.5. The van der Waals surface area contributed by atoms with Crippen molar-refractivity contribution in [1.82, 2.24) is 0 Å². The fourth-order valence-electron chi connectivity index (χ4n) is 7.03. The molecule has 40 heavy (non-hydrogen) atoms. The van der Waals surface area contributed by atoms with Crippen LogP contribution in [0.25, 0.3) is 0 Å². The van der Waals surface area contributed by atoms with Crippen LogP contribution in [0.15, 0.2) is 42.5 Å². The van der Waals surface area contributed by atoms with Crippen molar-refractivity contribution in [2.45, 2.75) is 134 Å². The van der Waals surface area contributed by atoms with Crippen LogP contribution in [0, 0.1) is 17.7 Å². The van der Waals surface area contributed by atoms with Gasteiger partial charge in [-0.1, -0.05) is 89.1 Å². The van der Waals surface area contributed by atoms with E-state index in [0.29, 0.717) is 17.4 Å². The van der Waals surface area contributed by atoms with E-state index in [1.807, 2.05) is 18.2 Å². The van der Waals surface area contributed by atoms with Gasteiger partial charge >= 0.3 is 0 Å². The lowest BCUT2D eigenvalue weighted by molar-refractivity contribution is 0.107. The molecule has 0 spiro atoms. The Morgan fingerprint density at radius 3 is 1.95 bits per heavy atom. The third-order valence-corrected chi connectivity index (χ3v) is 9.86. The van der Waals surface area contributed by atoms with E-state index >= 15 is 0 Å². The zero-order valence-corrected chi connectivity index (χ0v) is 24.9. The van der Waals surface area contributed by atoms with Crippen LogP contribution >= 0.6 is 0 Å². The zero-order chi connectivity index (χ0) is 28.3. The van der Waals surface area contributed by atoms with E-state index in [4.69, 9.17) is 4.74 Å². The number of ether oxygens (including phenoxy) is 1. The zero-order valence-electron chi connectivity index (χ0n) is 24.9. The molecule has 2 unspecified atom stereocenters. The van der Waals surface area contributed by atoms with Gasteiger partial charge in [-0.15, -0.1) is 0 Å². The highest BCUT2D eigenvalue weighted by atomic mass is 19.2. The van der Waals surface area contributed by atoms with Crippen LogP contribution in [-0.2, 0) is 0 Å². The summed E-state index contributed by atoms with van der Waals surface area (Å²) in [6.07, 6.45) is 15.1. The van der Waals surface area contributed by atoms with Gasteiger partial charge in [-0.05, 0) is 104 Å². The van der Waals surface area contributed by atoms with Crippen molar-refractivity contribution < 1.29 is 17.9 Å². The van der Waals surface area contributed by atoms with Gasteiger partial charge in [-0.2, -0.15) is 0 Å². The summed E-state index contributed by atoms with van der Waals surface area (Å²) >= 11 is 0. The molecular formula is C36H51F3O. The predicted molar refractivity (Wildman–Crippen MR) is 160 cm³/mol. The van der Waals surface area contributed by atoms with Crippen LogP contribution < -0.4 is 4.74 Å². The molecule has 0 radical (unpaired) electrons. The maximum Gasteiger partial charge on any atom is 0.169 e. The monoisotopic (exact) mass is 556 g/mol. The molecule has 0 saturated heterocycles. The molecule has 2 aliphatic carbocycles. The molecule has 0 amide bonds. The second kappa shape index (κ2) is 15.9. The lowest BCUT2D eigenvalue weighted by atomic mass is 9.77. The molecule has 0 heterocycles. The quantitative estimate of drug-likeness (QED) is 0.210. The Bertz CT molecular complexity index is 990. The number of hydrogen-bond donors (Lipinski definition) is 0. The highest BCUT2D eigenvalue weighted by Gasteiger charge is 2.26. The summed E-state index contributed by atoms with van der Waals surface area (Å²) in [4.78, 5) is 0. The minimum atomic E-state index is -1.86. The Morgan fingerprint density at radius 1 is 0.725 bits per heavy atom. The van der Waals surface area contributed by atoms with E-state index < -0.39 is 24.8 Å². The molecular weight excluding hydrogens is 505 g/mol. The maximum atomic E-state index is 15.0. The summed E-state index contributed by atoms with van der Waals surface area (Å²) in [7, 11) is 0. The fourth-order valence-corrected chi connectivity index (χ4v) is 7.03. The predicted octanol–water partition coefficient (Wildman–Crippen LogP) is 11.6. The highest BCUT2D eigenvalue weighted by Crippen LogP contribution is 2.39. The van der Waals surface area contributed by atoms with Crippen LogP contribution in [0.2, 0.25) is 0 Å². The lowest BCUT2D eigenvalue weighted by Gasteiger charge is -2.29. The molecule has 2 fully saturated rings. The summed E-state index contributed by atoms with van der Waals surface area (Å²) < 4.78 is 49.9. The van der Waals surface area contributed by atoms with Crippen molar-refractivity contribution in [1.29, 1.82) is 0 Å². The summed E-state index contributed by atoms with van der Waals surface area (Å²) in [5.74, 6) is 2.02. The third kappa shape index (κ3) is 8.76. The Hall–Kier alpha value is -1.97. The van der Waals surface area contributed by atoms with Crippen LogP contribution in [0.4, 0.5) is 13.2 Å². The van der Waals surface area contributed by atoms with Crippen LogP contribution in [0.5, 0.6) is 5.75 Å². The average molecular weight is 557 g/mol. The summed E-state index contributed by atoms with van der Waals surface area (Å²) in [6.45, 7) is 3.98. The largest absolute Gasteiger partial charge is 0.487 e. The van der Waals surface area contributed by atoms with E-state index in [9.17, 15) is 13.2 Å². The molecule has 4 heteroatoms. The first-order valence-corrected chi connectivity index (χ1v) is 16.3. The second-order valence-electron chi connectivity index (χ2n) is 12.6. The average Bonchev–Trinajstić information content (AvgIpc) is 3.00. The molecule has 2 aliphatic rings. The van der Waals surface area contributed by atoms with E-state index in [0.717, 1.165) is 30.2 Å². The van der Waals surface area contributed by atoms with E-state index in [-0.39, 0.29) is 5.75 Å². The van der Waals surface area contributed by atoms with Crippen LogP contribution in [0.1, 0.15) is 145 Å². The second-order valence-corrected chi connectivity index (χ2v) is 12.6. The molecule has 0 bridgehead atoms. The summed E-state index contributed by atoms with van der Waals surface area (Å²) in [5, 5.41) is 0. The van der Waals surface area contributed by atoms with Crippen molar-refractivity contribution in [2.75, 3.05) is 6.61 Å². The minimum absolute atomic E-state index is 0.00671. The molecule has 2 aromatic carbocycles. The van der Waals surface area contributed by atoms with Crippen LogP contribution in [0.3, 0.4) is 0 Å². The first kappa shape index (κ1) is 31.0. The van der Waals surface area contributed by atoms with E-state index in [1.54, 1.807) is 18.2 Å². The molecule has 0 N–H and O–H groups in total. The summed E-state index contributed by atoms with van der Waals surface area (Å²) in [6, 6.07) is 12.4. The van der Waals surface area contributed by atoms with Crippen molar-refractivity contribution in [3.63, 3.8) is 0 Å². The molecule has 2 atom stereocenters. The van der Waals surface area contributed by atoms with Gasteiger partial charge in [0.05, 0.1) is 0 Å². The third-order valence-electron chi connectivity index (χ3n) is 9.86. The van der Waals surface area contributed by atoms with E-state index in [1.165, 1.54) is 95.1 Å². The van der Waals surface area contributed by atoms with Gasteiger partial charge in [0.1, 0.15) is 6.61 Å². The molecule has 1 nitrogen and oxygen atoms in total. The normalized spacial score (nSPS) is 24.9. The molecule has 2 aromatic rings. The Morgan fingerprint density at radius 2 is 1.32 bits per heavy atom. The first-order valence-electron chi connectivity index (χ1n) is 16.3. The lowest BCUT2D eigenvalue weighted by Crippen LogP contribution is -2.19. The van der Waals surface area contributed by atoms with Crippen molar-refractivity contribution in [3.8, 4) is 5.75 Å². The van der Waals surface area contributed by atoms with Crippen molar-refractivity contribution in [3.05, 3.63) is 65.0 Å². The van der Waals surface area contributed by atoms with E-state index in [2.05, 4.69) is 13.8 Å². The van der Waals surface area contributed by atoms with Gasteiger partial charge < -0.3 is 4.74 Å². The number of rotatable bonds is 14. The van der Waals surface area contributed by atoms with Gasteiger partial charge in [-0.25, -0.2) is 13.2 Å². The Kier molecular flexibility index (Phi) is 12.3. The Balaban J connectivity index is 1.21. The number of hydrogen-bond acceptors (Lipinski definition) is 1. The number of benzene rings is 2. The molecule has 2 saturated carbocycles. The maximum absolute atomic E-state index is 15.0. The molecule has 0 aliphatic heterocycles. The van der Waals surface area contributed by atoms with Gasteiger partial charge in [0, 0.05) is 0 Å². The SMILES string of the molecule is CCCCCCCC1CCC(c2ccc(C(F)C(F)COc3ccc(C4CCC(CC)CC4)cc3F)cc2)CC1. The number of unbranched alkanes of at least 4 members (excludes halogenated alkanes) is 4. The topological polar surface area (TPSA) is 9.23 Å². The highest BCUT2D eigenvalue weighted by molar-refractivity contribution is 5.32. The van der Waals surface area contributed by atoms with Crippen LogP contribution in [-0.4, -0.2) is 12.8 Å². The van der Waals surface area contributed by atoms with Gasteiger partial charge in [0.15, 0.2) is 23.9 Å². The van der Waals surface area contributed by atoms with Gasteiger partial charge in [0.2, 0.25) is 0 Å². The number of alkyl halides is 2. The van der Waals surface area contributed by atoms with Gasteiger partial charge in [-0.3, -0.25) is 0 Å². The Labute approximate surface area is 241 Å². The van der Waals surface area contributed by atoms with Crippen molar-refractivity contribution >= 4 is 0 Å². The smallest absolute Gasteiger partial charge is 0.169 e. The van der Waals surface area contributed by atoms with Gasteiger partial charge in [0.25, 0.3) is 0 Å². The molecule has 4 rings (SSSR count).